The molecule has 6 aromatic rings. The monoisotopic (exact) mass is 479 g/mol. The predicted octanol–water partition coefficient (Wildman–Crippen LogP) is 5.44. The molecule has 9 heteroatoms. The maximum Gasteiger partial charge on any atom is 0.181 e. The van der Waals surface area contributed by atoms with Crippen molar-refractivity contribution in [1.29, 1.82) is 0 Å². The van der Waals surface area contributed by atoms with E-state index in [1.54, 1.807) is 12.4 Å². The van der Waals surface area contributed by atoms with Crippen LogP contribution < -0.4 is 9.64 Å². The van der Waals surface area contributed by atoms with E-state index in [1.165, 1.54) is 19.2 Å². The average molecular weight is 480 g/mol. The van der Waals surface area contributed by atoms with Crippen molar-refractivity contribution in [3.8, 4) is 39.4 Å². The molecule has 6 rings (SSSR count). The van der Waals surface area contributed by atoms with Crippen molar-refractivity contribution < 1.29 is 9.13 Å². The van der Waals surface area contributed by atoms with Crippen LogP contribution in [0.15, 0.2) is 67.3 Å². The molecule has 0 spiro atoms. The van der Waals surface area contributed by atoms with Gasteiger partial charge in [-0.1, -0.05) is 0 Å². The van der Waals surface area contributed by atoms with Crippen LogP contribution >= 0.6 is 0 Å². The fraction of sp³-hybridized carbons (Fsp3) is 0.111. The summed E-state index contributed by atoms with van der Waals surface area (Å²) in [7, 11) is 5.48. The first-order valence-corrected chi connectivity index (χ1v) is 11.3. The Hall–Kier alpha value is -4.79. The molecule has 0 aliphatic rings. The lowest BCUT2D eigenvalue weighted by Gasteiger charge is -2.12. The third-order valence-electron chi connectivity index (χ3n) is 6.20. The standard InChI is InChI=1S/C27H22FN7O/c1-35(2)19-7-16(12-29-14-19)17-9-23-25(33-34-27(23)31-13-17)24-11-22-21(4-5-30-26(22)32-24)15-6-18(28)10-20(8-15)36-3/h4-14H,1-3H3,(H,30,32)(H,31,33,34). The maximum absolute atomic E-state index is 14.2. The summed E-state index contributed by atoms with van der Waals surface area (Å²) in [5.41, 5.74) is 7.32. The fourth-order valence-electron chi connectivity index (χ4n) is 4.34. The van der Waals surface area contributed by atoms with Crippen LogP contribution in [0.2, 0.25) is 0 Å². The highest BCUT2D eigenvalue weighted by molar-refractivity contribution is 6.00. The van der Waals surface area contributed by atoms with Gasteiger partial charge >= 0.3 is 0 Å². The van der Waals surface area contributed by atoms with Crippen molar-refractivity contribution in [3.05, 3.63) is 73.1 Å². The van der Waals surface area contributed by atoms with Crippen LogP contribution in [0.5, 0.6) is 5.75 Å². The van der Waals surface area contributed by atoms with Crippen molar-refractivity contribution in [3.63, 3.8) is 0 Å². The number of aromatic amines is 2. The topological polar surface area (TPSA) is 95.6 Å². The number of methoxy groups -OCH3 is 1. The second-order valence-electron chi connectivity index (χ2n) is 8.70. The molecule has 0 aliphatic heterocycles. The highest BCUT2D eigenvalue weighted by Gasteiger charge is 2.16. The number of aromatic nitrogens is 6. The number of hydrogen-bond acceptors (Lipinski definition) is 6. The smallest absolute Gasteiger partial charge is 0.181 e. The molecule has 0 amide bonds. The minimum Gasteiger partial charge on any atom is -0.497 e. The maximum atomic E-state index is 14.2. The number of anilines is 1. The van der Waals surface area contributed by atoms with Gasteiger partial charge in [-0.05, 0) is 47.5 Å². The number of pyridine rings is 3. The zero-order chi connectivity index (χ0) is 24.8. The van der Waals surface area contributed by atoms with Gasteiger partial charge in [-0.2, -0.15) is 5.10 Å². The van der Waals surface area contributed by atoms with E-state index in [9.17, 15) is 4.39 Å². The summed E-state index contributed by atoms with van der Waals surface area (Å²) in [6.45, 7) is 0. The summed E-state index contributed by atoms with van der Waals surface area (Å²) in [6, 6.07) is 12.6. The van der Waals surface area contributed by atoms with Gasteiger partial charge in [-0.25, -0.2) is 14.4 Å². The van der Waals surface area contributed by atoms with Crippen LogP contribution in [0.3, 0.4) is 0 Å². The molecule has 2 N–H and O–H groups in total. The van der Waals surface area contributed by atoms with Gasteiger partial charge in [0.15, 0.2) is 5.65 Å². The van der Waals surface area contributed by atoms with Crippen LogP contribution in [0.1, 0.15) is 0 Å². The number of hydrogen-bond donors (Lipinski definition) is 2. The first-order valence-electron chi connectivity index (χ1n) is 11.3. The number of H-pyrrole nitrogens is 2. The summed E-state index contributed by atoms with van der Waals surface area (Å²) in [4.78, 5) is 18.8. The molecule has 178 valence electrons. The van der Waals surface area contributed by atoms with E-state index in [1.807, 2.05) is 49.6 Å². The number of rotatable bonds is 5. The van der Waals surface area contributed by atoms with Crippen LogP contribution in [0.25, 0.3) is 55.7 Å². The van der Waals surface area contributed by atoms with Crippen molar-refractivity contribution in [2.75, 3.05) is 26.1 Å². The third-order valence-corrected chi connectivity index (χ3v) is 6.20. The Bertz CT molecular complexity index is 1740. The molecular formula is C27H22FN7O. The Balaban J connectivity index is 1.47. The molecule has 36 heavy (non-hydrogen) atoms. The third kappa shape index (κ3) is 3.70. The summed E-state index contributed by atoms with van der Waals surface area (Å²) in [5.74, 6) is 0.0905. The predicted molar refractivity (Wildman–Crippen MR) is 138 cm³/mol. The first kappa shape index (κ1) is 21.7. The Morgan fingerprint density at radius 1 is 0.889 bits per heavy atom. The molecule has 0 bridgehead atoms. The molecular weight excluding hydrogens is 457 g/mol. The second-order valence-corrected chi connectivity index (χ2v) is 8.70. The zero-order valence-electron chi connectivity index (χ0n) is 19.9. The average Bonchev–Trinajstić information content (AvgIpc) is 3.51. The quantitative estimate of drug-likeness (QED) is 0.342. The van der Waals surface area contributed by atoms with Crippen molar-refractivity contribution in [1.82, 2.24) is 30.1 Å². The van der Waals surface area contributed by atoms with Gasteiger partial charge in [-0.15, -0.1) is 0 Å². The Morgan fingerprint density at radius 3 is 2.58 bits per heavy atom. The van der Waals surface area contributed by atoms with Gasteiger partial charge in [0, 0.05) is 60.7 Å². The minimum absolute atomic E-state index is 0.365. The van der Waals surface area contributed by atoms with Gasteiger partial charge in [-0.3, -0.25) is 10.1 Å². The first-order chi connectivity index (χ1) is 17.5. The van der Waals surface area contributed by atoms with Crippen LogP contribution in [0.4, 0.5) is 10.1 Å². The SMILES string of the molecule is COc1cc(F)cc(-c2ccnc3[nH]c(-c4[nH]nc5ncc(-c6cncc(N(C)C)c6)cc45)cc23)c1. The number of nitrogens with zero attached hydrogens (tertiary/aromatic N) is 5. The van der Waals surface area contributed by atoms with Gasteiger partial charge in [0.1, 0.15) is 17.2 Å². The van der Waals surface area contributed by atoms with E-state index >= 15 is 0 Å². The summed E-state index contributed by atoms with van der Waals surface area (Å²) < 4.78 is 19.5. The van der Waals surface area contributed by atoms with Crippen molar-refractivity contribution >= 4 is 27.8 Å². The van der Waals surface area contributed by atoms with Crippen LogP contribution in [-0.4, -0.2) is 51.3 Å². The molecule has 0 fully saturated rings. The number of nitrogens with one attached hydrogen (secondary N) is 2. The highest BCUT2D eigenvalue weighted by Crippen LogP contribution is 2.35. The Morgan fingerprint density at radius 2 is 1.75 bits per heavy atom. The molecule has 8 nitrogen and oxygen atoms in total. The molecule has 5 aromatic heterocycles. The molecule has 0 saturated heterocycles. The summed E-state index contributed by atoms with van der Waals surface area (Å²) >= 11 is 0. The molecule has 0 unspecified atom stereocenters. The molecule has 1 aromatic carbocycles. The number of ether oxygens (including phenoxy) is 1. The fourth-order valence-corrected chi connectivity index (χ4v) is 4.34. The van der Waals surface area contributed by atoms with Crippen molar-refractivity contribution in [2.45, 2.75) is 0 Å². The van der Waals surface area contributed by atoms with E-state index in [4.69, 9.17) is 4.74 Å². The highest BCUT2D eigenvalue weighted by atomic mass is 19.1. The zero-order valence-corrected chi connectivity index (χ0v) is 19.9. The molecule has 5 heterocycles. The Kier molecular flexibility index (Phi) is 5.10. The van der Waals surface area contributed by atoms with Crippen molar-refractivity contribution in [2.24, 2.45) is 0 Å². The summed E-state index contributed by atoms with van der Waals surface area (Å²) in [5, 5.41) is 9.23. The summed E-state index contributed by atoms with van der Waals surface area (Å²) in [6.07, 6.45) is 7.14. The Labute approximate surface area is 205 Å². The van der Waals surface area contributed by atoms with Crippen LogP contribution in [0, 0.1) is 5.82 Å². The van der Waals surface area contributed by atoms with E-state index in [2.05, 4.69) is 42.3 Å². The van der Waals surface area contributed by atoms with Gasteiger partial charge in [0.2, 0.25) is 0 Å². The second kappa shape index (κ2) is 8.46. The lowest BCUT2D eigenvalue weighted by atomic mass is 10.0. The van der Waals surface area contributed by atoms with Gasteiger partial charge < -0.3 is 14.6 Å². The van der Waals surface area contributed by atoms with E-state index in [0.717, 1.165) is 44.5 Å². The molecule has 0 atom stereocenters. The molecule has 0 saturated carbocycles. The lowest BCUT2D eigenvalue weighted by molar-refractivity contribution is 0.411. The lowest BCUT2D eigenvalue weighted by Crippen LogP contribution is -2.08. The normalized spacial score (nSPS) is 11.3. The van der Waals surface area contributed by atoms with E-state index in [-0.39, 0.29) is 5.82 Å². The number of benzene rings is 1. The minimum atomic E-state index is -0.365. The molecule has 0 radical (unpaired) electrons. The largest absolute Gasteiger partial charge is 0.497 e. The van der Waals surface area contributed by atoms with E-state index < -0.39 is 0 Å². The van der Waals surface area contributed by atoms with E-state index in [0.29, 0.717) is 22.6 Å². The van der Waals surface area contributed by atoms with Crippen LogP contribution in [-0.2, 0) is 0 Å². The van der Waals surface area contributed by atoms with Gasteiger partial charge in [0.25, 0.3) is 0 Å². The van der Waals surface area contributed by atoms with Gasteiger partial charge in [0.05, 0.1) is 30.4 Å². The molecule has 0 aliphatic carbocycles. The number of halogens is 1. The number of fused-ring (bicyclic) bond motifs is 2.